The molecule has 0 atom stereocenters. The molecular formula is C16H19FN2O2S. The molecule has 1 heterocycles. The second-order valence-electron chi connectivity index (χ2n) is 5.51. The number of amides is 1. The van der Waals surface area contributed by atoms with Crippen LogP contribution in [0, 0.1) is 5.82 Å². The Balaban J connectivity index is 2.11. The van der Waals surface area contributed by atoms with Crippen LogP contribution in [0.4, 0.5) is 4.39 Å². The predicted molar refractivity (Wildman–Crippen MR) is 85.5 cm³/mol. The zero-order chi connectivity index (χ0) is 16.3. The summed E-state index contributed by atoms with van der Waals surface area (Å²) < 4.78 is 15.1. The molecular weight excluding hydrogens is 303 g/mol. The van der Waals surface area contributed by atoms with E-state index in [-0.39, 0.29) is 35.6 Å². The van der Waals surface area contributed by atoms with Crippen molar-refractivity contribution in [3.8, 4) is 0 Å². The number of halogens is 1. The molecule has 0 spiro atoms. The van der Waals surface area contributed by atoms with Gasteiger partial charge in [-0.05, 0) is 12.0 Å². The van der Waals surface area contributed by atoms with Crippen molar-refractivity contribution in [1.29, 1.82) is 0 Å². The van der Waals surface area contributed by atoms with Gasteiger partial charge in [0.2, 0.25) is 5.91 Å². The van der Waals surface area contributed by atoms with E-state index in [9.17, 15) is 14.0 Å². The number of thiazole rings is 1. The Kier molecular flexibility index (Phi) is 5.13. The number of likely N-dealkylation sites (N-methyl/N-ethyl adjacent to an activating group) is 1. The minimum absolute atomic E-state index is 0.0131. The number of hydrogen-bond donors (Lipinski definition) is 0. The zero-order valence-electron chi connectivity index (χ0n) is 12.9. The molecule has 2 rings (SSSR count). The van der Waals surface area contributed by atoms with E-state index < -0.39 is 0 Å². The molecule has 0 aliphatic carbocycles. The molecule has 6 heteroatoms. The topological polar surface area (TPSA) is 42.3 Å². The molecule has 0 N–H and O–H groups in total. The van der Waals surface area contributed by atoms with Crippen LogP contribution in [-0.2, 0) is 17.9 Å². The summed E-state index contributed by atoms with van der Waals surface area (Å²) in [4.78, 5) is 25.5. The fourth-order valence-corrected chi connectivity index (χ4v) is 3.09. The molecule has 0 aliphatic heterocycles. The maximum absolute atomic E-state index is 13.6. The average Bonchev–Trinajstić information content (AvgIpc) is 2.83. The van der Waals surface area contributed by atoms with Crippen LogP contribution in [0.3, 0.4) is 0 Å². The summed E-state index contributed by atoms with van der Waals surface area (Å²) in [7, 11) is 1.61. The van der Waals surface area contributed by atoms with Gasteiger partial charge >= 0.3 is 4.87 Å². The van der Waals surface area contributed by atoms with Crippen molar-refractivity contribution in [2.75, 3.05) is 7.05 Å². The van der Waals surface area contributed by atoms with E-state index in [0.29, 0.717) is 5.56 Å². The normalized spacial score (nSPS) is 11.0. The van der Waals surface area contributed by atoms with Gasteiger partial charge in [0.25, 0.3) is 0 Å². The molecule has 0 saturated heterocycles. The van der Waals surface area contributed by atoms with E-state index in [2.05, 4.69) is 0 Å². The number of nitrogens with zero attached hydrogens (tertiary/aromatic N) is 2. The largest absolute Gasteiger partial charge is 0.340 e. The van der Waals surface area contributed by atoms with E-state index >= 15 is 0 Å². The summed E-state index contributed by atoms with van der Waals surface area (Å²) in [6, 6.07) is 6.36. The Morgan fingerprint density at radius 1 is 1.36 bits per heavy atom. The van der Waals surface area contributed by atoms with Crippen molar-refractivity contribution in [3.05, 3.63) is 56.4 Å². The maximum Gasteiger partial charge on any atom is 0.307 e. The third kappa shape index (κ3) is 3.62. The molecule has 4 nitrogen and oxygen atoms in total. The lowest BCUT2D eigenvalue weighted by atomic mass is 10.1. The SMILES string of the molecule is CC(C)c1csc(=O)n1CC(=O)N(C)Cc1ccccc1F. The van der Waals surface area contributed by atoms with Gasteiger partial charge < -0.3 is 4.90 Å². The minimum atomic E-state index is -0.335. The van der Waals surface area contributed by atoms with Crippen molar-refractivity contribution in [2.45, 2.75) is 32.9 Å². The number of benzene rings is 1. The predicted octanol–water partition coefficient (Wildman–Crippen LogP) is 2.83. The van der Waals surface area contributed by atoms with Gasteiger partial charge in [0.05, 0.1) is 0 Å². The van der Waals surface area contributed by atoms with Crippen molar-refractivity contribution in [1.82, 2.24) is 9.47 Å². The van der Waals surface area contributed by atoms with Crippen molar-refractivity contribution >= 4 is 17.2 Å². The first-order valence-corrected chi connectivity index (χ1v) is 7.93. The number of rotatable bonds is 5. The summed E-state index contributed by atoms with van der Waals surface area (Å²) in [5.41, 5.74) is 1.31. The summed E-state index contributed by atoms with van der Waals surface area (Å²) in [6.07, 6.45) is 0. The van der Waals surface area contributed by atoms with E-state index in [4.69, 9.17) is 0 Å². The quantitative estimate of drug-likeness (QED) is 0.849. The number of hydrogen-bond acceptors (Lipinski definition) is 3. The molecule has 0 bridgehead atoms. The summed E-state index contributed by atoms with van der Waals surface area (Å²) in [5.74, 6) is -0.382. The van der Waals surface area contributed by atoms with Crippen LogP contribution in [0.2, 0.25) is 0 Å². The lowest BCUT2D eigenvalue weighted by Gasteiger charge is -2.19. The first kappa shape index (κ1) is 16.4. The highest BCUT2D eigenvalue weighted by Crippen LogP contribution is 2.15. The van der Waals surface area contributed by atoms with Crippen LogP contribution >= 0.6 is 11.3 Å². The van der Waals surface area contributed by atoms with Crippen LogP contribution in [0.5, 0.6) is 0 Å². The molecule has 2 aromatic rings. The fourth-order valence-electron chi connectivity index (χ4n) is 2.17. The third-order valence-corrected chi connectivity index (χ3v) is 4.27. The maximum atomic E-state index is 13.6. The summed E-state index contributed by atoms with van der Waals surface area (Å²) in [6.45, 7) is 4.12. The highest BCUT2D eigenvalue weighted by atomic mass is 32.1. The van der Waals surface area contributed by atoms with E-state index in [1.54, 1.807) is 30.6 Å². The van der Waals surface area contributed by atoms with Gasteiger partial charge in [-0.2, -0.15) is 0 Å². The average molecular weight is 322 g/mol. The lowest BCUT2D eigenvalue weighted by molar-refractivity contribution is -0.131. The zero-order valence-corrected chi connectivity index (χ0v) is 13.7. The Hall–Kier alpha value is -1.95. The van der Waals surface area contributed by atoms with Crippen LogP contribution in [0.1, 0.15) is 31.0 Å². The van der Waals surface area contributed by atoms with Crippen LogP contribution in [0.15, 0.2) is 34.4 Å². The fraction of sp³-hybridized carbons (Fsp3) is 0.375. The van der Waals surface area contributed by atoms with Gasteiger partial charge in [0, 0.05) is 30.2 Å². The van der Waals surface area contributed by atoms with Crippen molar-refractivity contribution in [3.63, 3.8) is 0 Å². The lowest BCUT2D eigenvalue weighted by Crippen LogP contribution is -2.33. The molecule has 0 radical (unpaired) electrons. The van der Waals surface area contributed by atoms with Crippen molar-refractivity contribution in [2.24, 2.45) is 0 Å². The number of carbonyl (C=O) groups excluding carboxylic acids is 1. The first-order valence-electron chi connectivity index (χ1n) is 7.05. The number of carbonyl (C=O) groups is 1. The van der Waals surface area contributed by atoms with Gasteiger partial charge in [-0.25, -0.2) is 4.39 Å². The van der Waals surface area contributed by atoms with Gasteiger partial charge in [-0.3, -0.25) is 14.2 Å². The summed E-state index contributed by atoms with van der Waals surface area (Å²) in [5, 5.41) is 1.79. The van der Waals surface area contributed by atoms with Gasteiger partial charge in [-0.15, -0.1) is 0 Å². The Labute approximate surface area is 132 Å². The highest BCUT2D eigenvalue weighted by molar-refractivity contribution is 7.07. The first-order chi connectivity index (χ1) is 10.4. The molecule has 118 valence electrons. The Morgan fingerprint density at radius 2 is 2.05 bits per heavy atom. The standard InChI is InChI=1S/C16H19FN2O2S/c1-11(2)14-10-22-16(21)19(14)9-15(20)18(3)8-12-6-4-5-7-13(12)17/h4-7,10-11H,8-9H2,1-3H3. The van der Waals surface area contributed by atoms with Crippen LogP contribution < -0.4 is 4.87 Å². The van der Waals surface area contributed by atoms with Gasteiger partial charge in [0.15, 0.2) is 0 Å². The molecule has 0 saturated carbocycles. The van der Waals surface area contributed by atoms with Gasteiger partial charge in [0.1, 0.15) is 12.4 Å². The molecule has 22 heavy (non-hydrogen) atoms. The molecule has 1 aromatic carbocycles. The molecule has 1 amide bonds. The molecule has 1 aromatic heterocycles. The number of aromatic nitrogens is 1. The second-order valence-corrected chi connectivity index (χ2v) is 6.33. The van der Waals surface area contributed by atoms with E-state index in [1.165, 1.54) is 15.5 Å². The van der Waals surface area contributed by atoms with Crippen molar-refractivity contribution < 1.29 is 9.18 Å². The Morgan fingerprint density at radius 3 is 2.68 bits per heavy atom. The van der Waals surface area contributed by atoms with Crippen LogP contribution in [0.25, 0.3) is 0 Å². The monoisotopic (exact) mass is 322 g/mol. The summed E-state index contributed by atoms with van der Waals surface area (Å²) >= 11 is 1.10. The molecule has 0 unspecified atom stereocenters. The second kappa shape index (κ2) is 6.87. The molecule has 0 fully saturated rings. The van der Waals surface area contributed by atoms with E-state index in [1.807, 2.05) is 13.8 Å². The van der Waals surface area contributed by atoms with E-state index in [0.717, 1.165) is 17.0 Å². The highest BCUT2D eigenvalue weighted by Gasteiger charge is 2.17. The Bertz CT molecular complexity index is 721. The van der Waals surface area contributed by atoms with Crippen LogP contribution in [-0.4, -0.2) is 22.4 Å². The minimum Gasteiger partial charge on any atom is -0.340 e. The smallest absolute Gasteiger partial charge is 0.307 e. The van der Waals surface area contributed by atoms with Gasteiger partial charge in [-0.1, -0.05) is 43.4 Å². The molecule has 0 aliphatic rings. The third-order valence-electron chi connectivity index (χ3n) is 3.49.